The molecule has 0 saturated heterocycles. The molecule has 0 aromatic heterocycles. The van der Waals surface area contributed by atoms with E-state index < -0.39 is 5.97 Å². The van der Waals surface area contributed by atoms with Crippen LogP contribution in [0.4, 0.5) is 0 Å². The number of carboxylic acids is 1. The van der Waals surface area contributed by atoms with Gasteiger partial charge in [-0.2, -0.15) is 0 Å². The maximum atomic E-state index is 11.8. The predicted molar refractivity (Wildman–Crippen MR) is 77.0 cm³/mol. The number of amides is 1. The number of hydrogen-bond donors (Lipinski definition) is 1. The molecule has 0 unspecified atom stereocenters. The number of hydrogen-bond acceptors (Lipinski definition) is 3. The van der Waals surface area contributed by atoms with Crippen LogP contribution in [-0.4, -0.2) is 40.7 Å². The van der Waals surface area contributed by atoms with Gasteiger partial charge >= 0.3 is 5.97 Å². The average molecular weight is 302 g/mol. The van der Waals surface area contributed by atoms with Gasteiger partial charge in [0.15, 0.2) is 0 Å². The van der Waals surface area contributed by atoms with E-state index in [-0.39, 0.29) is 28.3 Å². The summed E-state index contributed by atoms with van der Waals surface area (Å²) in [5.41, 5.74) is 0.0522. The van der Waals surface area contributed by atoms with E-state index in [1.54, 1.807) is 18.0 Å². The Bertz CT molecular complexity index is 491. The van der Waals surface area contributed by atoms with Crippen molar-refractivity contribution in [3.8, 4) is 0 Å². The van der Waals surface area contributed by atoms with Gasteiger partial charge in [0, 0.05) is 18.0 Å². The summed E-state index contributed by atoms with van der Waals surface area (Å²) >= 11 is 7.08. The third kappa shape index (κ3) is 4.44. The number of thioether (sulfide) groups is 1. The van der Waals surface area contributed by atoms with E-state index in [0.717, 1.165) is 0 Å². The van der Waals surface area contributed by atoms with E-state index in [1.165, 1.54) is 23.9 Å². The second-order valence-electron chi connectivity index (χ2n) is 4.33. The zero-order chi connectivity index (χ0) is 14.6. The van der Waals surface area contributed by atoms with Gasteiger partial charge in [-0.1, -0.05) is 11.6 Å². The fraction of sp³-hybridized carbons (Fsp3) is 0.385. The number of nitrogens with zero attached hydrogens (tertiary/aromatic N) is 1. The summed E-state index contributed by atoms with van der Waals surface area (Å²) in [4.78, 5) is 25.1. The Hall–Kier alpha value is -1.20. The second kappa shape index (κ2) is 6.82. The number of carbonyl (C=O) groups excluding carboxylic acids is 1. The average Bonchev–Trinajstić information content (AvgIpc) is 2.35. The lowest BCUT2D eigenvalue weighted by molar-refractivity contribution is -0.128. The summed E-state index contributed by atoms with van der Waals surface area (Å²) in [6.45, 7) is 3.88. The summed E-state index contributed by atoms with van der Waals surface area (Å²) in [6.07, 6.45) is 0. The molecule has 0 spiro atoms. The van der Waals surface area contributed by atoms with Crippen molar-refractivity contribution in [1.29, 1.82) is 0 Å². The fourth-order valence-corrected chi connectivity index (χ4v) is 2.35. The molecule has 104 valence electrons. The van der Waals surface area contributed by atoms with Crippen molar-refractivity contribution >= 4 is 35.2 Å². The van der Waals surface area contributed by atoms with E-state index in [0.29, 0.717) is 4.90 Å². The van der Waals surface area contributed by atoms with Gasteiger partial charge in [-0.3, -0.25) is 4.79 Å². The Morgan fingerprint density at radius 3 is 2.58 bits per heavy atom. The third-order valence-corrected chi connectivity index (χ3v) is 4.01. The molecule has 0 aliphatic carbocycles. The smallest absolute Gasteiger partial charge is 0.337 e. The van der Waals surface area contributed by atoms with Crippen LogP contribution in [0.15, 0.2) is 23.1 Å². The first-order valence-electron chi connectivity index (χ1n) is 5.74. The van der Waals surface area contributed by atoms with E-state index in [2.05, 4.69) is 0 Å². The SMILES string of the molecule is CC(C)N(C)C(=O)CSc1ccc(Cl)c(C(=O)O)c1. The van der Waals surface area contributed by atoms with Gasteiger partial charge < -0.3 is 10.0 Å². The molecule has 0 bridgehead atoms. The number of halogens is 1. The minimum absolute atomic E-state index is 0.00632. The van der Waals surface area contributed by atoms with Gasteiger partial charge in [-0.05, 0) is 32.0 Å². The normalized spacial score (nSPS) is 10.6. The molecule has 0 heterocycles. The predicted octanol–water partition coefficient (Wildman–Crippen LogP) is 3.00. The zero-order valence-electron chi connectivity index (χ0n) is 11.0. The van der Waals surface area contributed by atoms with Crippen molar-refractivity contribution in [3.05, 3.63) is 28.8 Å². The van der Waals surface area contributed by atoms with Gasteiger partial charge in [-0.25, -0.2) is 4.79 Å². The number of carbonyl (C=O) groups is 2. The highest BCUT2D eigenvalue weighted by molar-refractivity contribution is 8.00. The highest BCUT2D eigenvalue weighted by atomic mass is 35.5. The lowest BCUT2D eigenvalue weighted by Crippen LogP contribution is -2.34. The van der Waals surface area contributed by atoms with Gasteiger partial charge in [-0.15, -0.1) is 11.8 Å². The summed E-state index contributed by atoms with van der Waals surface area (Å²) < 4.78 is 0. The molecule has 6 heteroatoms. The molecule has 0 aliphatic rings. The minimum atomic E-state index is -1.07. The number of rotatable bonds is 5. The van der Waals surface area contributed by atoms with Gasteiger partial charge in [0.2, 0.25) is 5.91 Å². The molecule has 0 saturated carbocycles. The summed E-state index contributed by atoms with van der Waals surface area (Å²) in [5.74, 6) is -0.792. The quantitative estimate of drug-likeness (QED) is 0.849. The van der Waals surface area contributed by atoms with Crippen molar-refractivity contribution < 1.29 is 14.7 Å². The van der Waals surface area contributed by atoms with Crippen LogP contribution in [0.2, 0.25) is 5.02 Å². The van der Waals surface area contributed by atoms with Crippen LogP contribution in [0, 0.1) is 0 Å². The highest BCUT2D eigenvalue weighted by Gasteiger charge is 2.14. The molecular weight excluding hydrogens is 286 g/mol. The van der Waals surface area contributed by atoms with Crippen molar-refractivity contribution in [2.45, 2.75) is 24.8 Å². The fourth-order valence-electron chi connectivity index (χ4n) is 1.29. The van der Waals surface area contributed by atoms with Gasteiger partial charge in [0.1, 0.15) is 0 Å². The third-order valence-electron chi connectivity index (χ3n) is 2.70. The van der Waals surface area contributed by atoms with Crippen molar-refractivity contribution in [2.24, 2.45) is 0 Å². The van der Waals surface area contributed by atoms with Crippen LogP contribution in [0.5, 0.6) is 0 Å². The maximum Gasteiger partial charge on any atom is 0.337 e. The topological polar surface area (TPSA) is 57.6 Å². The van der Waals surface area contributed by atoms with Crippen molar-refractivity contribution in [2.75, 3.05) is 12.8 Å². The first-order valence-corrected chi connectivity index (χ1v) is 7.10. The van der Waals surface area contributed by atoms with Crippen LogP contribution in [0.1, 0.15) is 24.2 Å². The zero-order valence-corrected chi connectivity index (χ0v) is 12.6. The Kier molecular flexibility index (Phi) is 5.69. The number of benzene rings is 1. The molecule has 0 aliphatic heterocycles. The van der Waals surface area contributed by atoms with Crippen LogP contribution in [0.3, 0.4) is 0 Å². The molecular formula is C13H16ClNO3S. The van der Waals surface area contributed by atoms with E-state index >= 15 is 0 Å². The lowest BCUT2D eigenvalue weighted by atomic mass is 10.2. The summed E-state index contributed by atoms with van der Waals surface area (Å²) in [7, 11) is 1.75. The van der Waals surface area contributed by atoms with Crippen molar-refractivity contribution in [1.82, 2.24) is 4.90 Å². The Labute approximate surface area is 121 Å². The van der Waals surface area contributed by atoms with Crippen LogP contribution >= 0.6 is 23.4 Å². The Morgan fingerprint density at radius 1 is 1.42 bits per heavy atom. The molecule has 1 rings (SSSR count). The van der Waals surface area contributed by atoms with Crippen molar-refractivity contribution in [3.63, 3.8) is 0 Å². The highest BCUT2D eigenvalue weighted by Crippen LogP contribution is 2.25. The first-order chi connectivity index (χ1) is 8.82. The summed E-state index contributed by atoms with van der Waals surface area (Å²) in [6, 6.07) is 4.87. The molecule has 1 aromatic carbocycles. The number of carboxylic acid groups (broad SMARTS) is 1. The molecule has 4 nitrogen and oxygen atoms in total. The second-order valence-corrected chi connectivity index (χ2v) is 5.79. The van der Waals surface area contributed by atoms with Crippen LogP contribution < -0.4 is 0 Å². The monoisotopic (exact) mass is 301 g/mol. The molecule has 0 radical (unpaired) electrons. The number of aromatic carboxylic acids is 1. The maximum absolute atomic E-state index is 11.8. The van der Waals surface area contributed by atoms with E-state index in [4.69, 9.17) is 16.7 Å². The Morgan fingerprint density at radius 2 is 2.05 bits per heavy atom. The molecule has 1 amide bonds. The van der Waals surface area contributed by atoms with Gasteiger partial charge in [0.05, 0.1) is 16.3 Å². The molecule has 1 N–H and O–H groups in total. The Balaban J connectivity index is 2.71. The van der Waals surface area contributed by atoms with Gasteiger partial charge in [0.25, 0.3) is 0 Å². The summed E-state index contributed by atoms with van der Waals surface area (Å²) in [5, 5.41) is 9.16. The molecule has 0 fully saturated rings. The largest absolute Gasteiger partial charge is 0.478 e. The molecule has 19 heavy (non-hydrogen) atoms. The van der Waals surface area contributed by atoms with E-state index in [9.17, 15) is 9.59 Å². The molecule has 0 atom stereocenters. The van der Waals surface area contributed by atoms with Crippen LogP contribution in [-0.2, 0) is 4.79 Å². The lowest BCUT2D eigenvalue weighted by Gasteiger charge is -2.21. The minimum Gasteiger partial charge on any atom is -0.478 e. The van der Waals surface area contributed by atoms with E-state index in [1.807, 2.05) is 13.8 Å². The standard InChI is InChI=1S/C13H16ClNO3S/c1-8(2)15(3)12(16)7-19-9-4-5-11(14)10(6-9)13(17)18/h4-6,8H,7H2,1-3H3,(H,17,18). The first kappa shape index (κ1) is 15.9. The molecule has 1 aromatic rings. The van der Waals surface area contributed by atoms with Crippen LogP contribution in [0.25, 0.3) is 0 Å².